The van der Waals surface area contributed by atoms with Gasteiger partial charge in [-0.25, -0.2) is 0 Å². The normalized spacial score (nSPS) is 11.5. The van der Waals surface area contributed by atoms with E-state index in [1.165, 1.54) is 12.1 Å². The van der Waals surface area contributed by atoms with Gasteiger partial charge in [0.15, 0.2) is 5.78 Å². The molecule has 0 saturated carbocycles. The quantitative estimate of drug-likeness (QED) is 0.460. The van der Waals surface area contributed by atoms with Crippen molar-refractivity contribution in [3.05, 3.63) is 65.2 Å². The summed E-state index contributed by atoms with van der Waals surface area (Å²) in [6.07, 6.45) is -4.40. The number of nitrogens with zero attached hydrogens (tertiary/aromatic N) is 2. The van der Waals surface area contributed by atoms with Gasteiger partial charge in [0.1, 0.15) is 0 Å². The highest BCUT2D eigenvalue weighted by atomic mass is 32.2. The molecule has 0 radical (unpaired) electrons. The first kappa shape index (κ1) is 18.2. The zero-order chi connectivity index (χ0) is 18.7. The molecule has 2 aromatic carbocycles. The number of ketones is 1. The average molecular weight is 378 g/mol. The number of alkyl halides is 3. The molecule has 1 heterocycles. The minimum atomic E-state index is -4.40. The number of hydrogen-bond acceptors (Lipinski definition) is 5. The van der Waals surface area contributed by atoms with E-state index in [0.29, 0.717) is 11.1 Å². The number of benzene rings is 2. The molecule has 0 saturated heterocycles. The molecule has 134 valence electrons. The summed E-state index contributed by atoms with van der Waals surface area (Å²) >= 11 is 1.08. The third kappa shape index (κ3) is 4.32. The topological polar surface area (TPSA) is 56.0 Å². The van der Waals surface area contributed by atoms with Crippen LogP contribution in [0.4, 0.5) is 13.2 Å². The second-order valence-electron chi connectivity index (χ2n) is 5.53. The molecule has 4 nitrogen and oxygen atoms in total. The van der Waals surface area contributed by atoms with E-state index in [-0.39, 0.29) is 22.6 Å². The lowest BCUT2D eigenvalue weighted by Crippen LogP contribution is -2.03. The fourth-order valence-corrected chi connectivity index (χ4v) is 2.79. The first-order valence-corrected chi connectivity index (χ1v) is 8.55. The van der Waals surface area contributed by atoms with Crippen molar-refractivity contribution in [1.29, 1.82) is 0 Å². The van der Waals surface area contributed by atoms with Crippen molar-refractivity contribution < 1.29 is 22.4 Å². The van der Waals surface area contributed by atoms with Gasteiger partial charge in [0.2, 0.25) is 5.89 Å². The molecule has 0 atom stereocenters. The van der Waals surface area contributed by atoms with E-state index in [4.69, 9.17) is 4.42 Å². The zero-order valence-electron chi connectivity index (χ0n) is 13.6. The molecule has 0 aliphatic carbocycles. The predicted molar refractivity (Wildman–Crippen MR) is 91.0 cm³/mol. The number of Topliss-reactive ketones (excluding diaryl/α,β-unsaturated/α-hetero) is 1. The van der Waals surface area contributed by atoms with E-state index in [0.717, 1.165) is 29.5 Å². The summed E-state index contributed by atoms with van der Waals surface area (Å²) < 4.78 is 43.1. The van der Waals surface area contributed by atoms with Crippen LogP contribution in [0, 0.1) is 6.92 Å². The van der Waals surface area contributed by atoms with Crippen molar-refractivity contribution in [3.8, 4) is 11.5 Å². The van der Waals surface area contributed by atoms with Crippen molar-refractivity contribution in [2.24, 2.45) is 0 Å². The Hall–Kier alpha value is -2.61. The Morgan fingerprint density at radius 1 is 1.04 bits per heavy atom. The fraction of sp³-hybridized carbons (Fsp3) is 0.167. The van der Waals surface area contributed by atoms with Crippen LogP contribution in [0.15, 0.2) is 58.2 Å². The van der Waals surface area contributed by atoms with Crippen molar-refractivity contribution in [1.82, 2.24) is 10.2 Å². The van der Waals surface area contributed by atoms with E-state index < -0.39 is 11.7 Å². The third-order valence-electron chi connectivity index (χ3n) is 3.57. The highest BCUT2D eigenvalue weighted by molar-refractivity contribution is 7.99. The van der Waals surface area contributed by atoms with Crippen molar-refractivity contribution in [2.45, 2.75) is 18.3 Å². The van der Waals surface area contributed by atoms with Crippen LogP contribution >= 0.6 is 11.8 Å². The van der Waals surface area contributed by atoms with E-state index in [9.17, 15) is 18.0 Å². The number of carbonyl (C=O) groups is 1. The van der Waals surface area contributed by atoms with Gasteiger partial charge >= 0.3 is 6.18 Å². The first-order chi connectivity index (χ1) is 12.3. The van der Waals surface area contributed by atoms with Gasteiger partial charge in [-0.2, -0.15) is 13.2 Å². The van der Waals surface area contributed by atoms with Crippen LogP contribution in [-0.4, -0.2) is 21.7 Å². The minimum Gasteiger partial charge on any atom is -0.411 e. The maximum Gasteiger partial charge on any atom is 0.416 e. The number of aryl methyl sites for hydroxylation is 1. The minimum absolute atomic E-state index is 0.0794. The molecule has 3 rings (SSSR count). The number of hydrogen-bond donors (Lipinski definition) is 0. The highest BCUT2D eigenvalue weighted by Crippen LogP contribution is 2.31. The fourth-order valence-electron chi connectivity index (χ4n) is 2.14. The number of thioether (sulfide) groups is 1. The van der Waals surface area contributed by atoms with Crippen LogP contribution in [-0.2, 0) is 6.18 Å². The van der Waals surface area contributed by atoms with Gasteiger partial charge in [0, 0.05) is 11.1 Å². The summed E-state index contributed by atoms with van der Waals surface area (Å²) in [7, 11) is 0. The standard InChI is InChI=1S/C18H13F3N2O2S/c1-11-2-4-12(5-3-11)15(24)10-26-17-23-22-16(25-17)13-6-8-14(9-7-13)18(19,20)21/h2-9H,10H2,1H3. The molecule has 0 aliphatic rings. The Bertz CT molecular complexity index is 903. The predicted octanol–water partition coefficient (Wildman–Crippen LogP) is 5.04. The Morgan fingerprint density at radius 3 is 2.31 bits per heavy atom. The maximum atomic E-state index is 12.6. The molecule has 8 heteroatoms. The molecule has 0 fully saturated rings. The molecule has 0 amide bonds. The van der Waals surface area contributed by atoms with E-state index in [2.05, 4.69) is 10.2 Å². The van der Waals surface area contributed by atoms with Gasteiger partial charge in [-0.15, -0.1) is 10.2 Å². The molecular weight excluding hydrogens is 365 g/mol. The molecule has 0 N–H and O–H groups in total. The second kappa shape index (κ2) is 7.33. The van der Waals surface area contributed by atoms with Crippen LogP contribution in [0.2, 0.25) is 0 Å². The van der Waals surface area contributed by atoms with E-state index in [1.54, 1.807) is 12.1 Å². The van der Waals surface area contributed by atoms with Gasteiger partial charge < -0.3 is 4.42 Å². The Balaban J connectivity index is 1.64. The number of aromatic nitrogens is 2. The first-order valence-electron chi connectivity index (χ1n) is 7.57. The summed E-state index contributed by atoms with van der Waals surface area (Å²) in [4.78, 5) is 12.1. The lowest BCUT2D eigenvalue weighted by molar-refractivity contribution is -0.137. The molecule has 0 unspecified atom stereocenters. The molecule has 26 heavy (non-hydrogen) atoms. The molecule has 0 bridgehead atoms. The van der Waals surface area contributed by atoms with E-state index in [1.807, 2.05) is 19.1 Å². The van der Waals surface area contributed by atoms with Gasteiger partial charge in [-0.05, 0) is 31.2 Å². The summed E-state index contributed by atoms with van der Waals surface area (Å²) in [5.74, 6) is 0.144. The summed E-state index contributed by atoms with van der Waals surface area (Å²) in [6, 6.07) is 11.6. The van der Waals surface area contributed by atoms with Crippen molar-refractivity contribution in [3.63, 3.8) is 0 Å². The largest absolute Gasteiger partial charge is 0.416 e. The monoisotopic (exact) mass is 378 g/mol. The van der Waals surface area contributed by atoms with Crippen LogP contribution < -0.4 is 0 Å². The summed E-state index contributed by atoms with van der Waals surface area (Å²) in [6.45, 7) is 1.93. The van der Waals surface area contributed by atoms with Gasteiger partial charge in [-0.1, -0.05) is 41.6 Å². The Kier molecular flexibility index (Phi) is 5.13. The van der Waals surface area contributed by atoms with Crippen LogP contribution in [0.1, 0.15) is 21.5 Å². The molecule has 0 aliphatic heterocycles. The number of carbonyl (C=O) groups excluding carboxylic acids is 1. The van der Waals surface area contributed by atoms with Crippen LogP contribution in [0.5, 0.6) is 0 Å². The highest BCUT2D eigenvalue weighted by Gasteiger charge is 2.30. The van der Waals surface area contributed by atoms with Crippen molar-refractivity contribution in [2.75, 3.05) is 5.75 Å². The number of rotatable bonds is 5. The second-order valence-corrected chi connectivity index (χ2v) is 6.45. The van der Waals surface area contributed by atoms with Crippen LogP contribution in [0.25, 0.3) is 11.5 Å². The smallest absolute Gasteiger partial charge is 0.411 e. The summed E-state index contributed by atoms with van der Waals surface area (Å²) in [5, 5.41) is 7.81. The SMILES string of the molecule is Cc1ccc(C(=O)CSc2nnc(-c3ccc(C(F)(F)F)cc3)o2)cc1. The van der Waals surface area contributed by atoms with E-state index >= 15 is 0 Å². The number of halogens is 3. The molecule has 1 aromatic heterocycles. The molecule has 3 aromatic rings. The zero-order valence-corrected chi connectivity index (χ0v) is 14.4. The maximum absolute atomic E-state index is 12.6. The molecule has 0 spiro atoms. The third-order valence-corrected chi connectivity index (χ3v) is 4.38. The lowest BCUT2D eigenvalue weighted by Gasteiger charge is -2.05. The van der Waals surface area contributed by atoms with Gasteiger partial charge in [-0.3, -0.25) is 4.79 Å². The van der Waals surface area contributed by atoms with Crippen molar-refractivity contribution >= 4 is 17.5 Å². The lowest BCUT2D eigenvalue weighted by atomic mass is 10.1. The summed E-state index contributed by atoms with van der Waals surface area (Å²) in [5.41, 5.74) is 1.28. The average Bonchev–Trinajstić information content (AvgIpc) is 3.09. The Morgan fingerprint density at radius 2 is 1.69 bits per heavy atom. The van der Waals surface area contributed by atoms with Gasteiger partial charge in [0.05, 0.1) is 11.3 Å². The van der Waals surface area contributed by atoms with Crippen LogP contribution in [0.3, 0.4) is 0 Å². The Labute approximate surface area is 151 Å². The molecular formula is C18H13F3N2O2S. The van der Waals surface area contributed by atoms with Gasteiger partial charge in [0.25, 0.3) is 5.22 Å².